The molecule has 0 atom stereocenters. The number of aryl methyl sites for hydroxylation is 3. The number of urea groups is 1. The summed E-state index contributed by atoms with van der Waals surface area (Å²) in [5, 5.41) is 14.7. The summed E-state index contributed by atoms with van der Waals surface area (Å²) in [4.78, 5) is 15.6. The number of rotatable bonds is 16. The summed E-state index contributed by atoms with van der Waals surface area (Å²) in [5.74, 6) is 1.22. The van der Waals surface area contributed by atoms with Gasteiger partial charge in [0.1, 0.15) is 31.8 Å². The van der Waals surface area contributed by atoms with Gasteiger partial charge in [-0.1, -0.05) is 58.5 Å². The van der Waals surface area contributed by atoms with Crippen LogP contribution in [0.5, 0.6) is 5.75 Å². The number of nitrogens with one attached hydrogen (secondary N) is 5. The number of amides is 2. The van der Waals surface area contributed by atoms with Gasteiger partial charge in [-0.2, -0.15) is 25.3 Å². The maximum Gasteiger partial charge on any atom is 0.319 e. The van der Waals surface area contributed by atoms with Crippen molar-refractivity contribution in [3.8, 4) is 28.2 Å². The van der Waals surface area contributed by atoms with Crippen molar-refractivity contribution in [2.75, 3.05) is 36.1 Å². The minimum absolute atomic E-state index is 0.118. The fourth-order valence-electron chi connectivity index (χ4n) is 7.95. The van der Waals surface area contributed by atoms with E-state index in [1.165, 1.54) is 37.4 Å². The number of carbonyl (C=O) groups is 1. The van der Waals surface area contributed by atoms with E-state index in [0.29, 0.717) is 75.5 Å². The Morgan fingerprint density at radius 2 is 1.30 bits per heavy atom. The molecule has 0 radical (unpaired) electrons. The molecule has 18 nitrogen and oxygen atoms in total. The molecule has 2 aliphatic rings. The summed E-state index contributed by atoms with van der Waals surface area (Å²) >= 11 is 0. The summed E-state index contributed by atoms with van der Waals surface area (Å²) < 4.78 is 124. The first-order valence-electron chi connectivity index (χ1n) is 21.6. The van der Waals surface area contributed by atoms with Crippen LogP contribution in [0.2, 0.25) is 0 Å². The molecule has 0 fully saturated rings. The highest BCUT2D eigenvalue weighted by molar-refractivity contribution is 7.86. The van der Waals surface area contributed by atoms with E-state index in [-0.39, 0.29) is 56.1 Å². The van der Waals surface area contributed by atoms with Crippen LogP contribution in [0.4, 0.5) is 33.2 Å². The van der Waals surface area contributed by atoms with Gasteiger partial charge >= 0.3 is 6.03 Å². The standard InChI is InChI=1S/C48H56N6O12S3/c1-24(2)22-49-31(10)51-47-30(9)45(28(7)17-39(47)65-11)53-36-21-38-34(19-42(36)69(62,63)64)43(32-14-12-13-15-40(32)67(56,57)58)33-18-41(68(59,60)61)35(20-37(33)66-38)52-44-26(5)16-27(6)46(29(44)8)54-48(55)50-23-25(3)4/h12-21,24-25,49,51-52H,10,22-23H2,1-9,11H3,(H2,50,54,55)(H,56,57,58)(H,59,60,61)(H,62,63,64). The van der Waals surface area contributed by atoms with E-state index in [4.69, 9.17) is 14.1 Å². The van der Waals surface area contributed by atoms with E-state index in [2.05, 4.69) is 33.2 Å². The molecule has 8 N–H and O–H groups in total. The quantitative estimate of drug-likeness (QED) is 0.0331. The van der Waals surface area contributed by atoms with Crippen molar-refractivity contribution in [3.05, 3.63) is 106 Å². The molecule has 368 valence electrons. The van der Waals surface area contributed by atoms with Crippen LogP contribution < -0.4 is 36.7 Å². The third-order valence-corrected chi connectivity index (χ3v) is 13.9. The van der Waals surface area contributed by atoms with Crippen molar-refractivity contribution >= 4 is 75.8 Å². The first-order valence-corrected chi connectivity index (χ1v) is 25.9. The molecule has 1 aliphatic heterocycles. The molecule has 0 aromatic heterocycles. The van der Waals surface area contributed by atoms with Gasteiger partial charge in [-0.15, -0.1) is 0 Å². The number of nitrogens with zero attached hydrogens (tertiary/aromatic N) is 1. The molecule has 1 heterocycles. The number of benzene rings is 5. The first-order chi connectivity index (χ1) is 32.1. The van der Waals surface area contributed by atoms with Crippen molar-refractivity contribution in [3.63, 3.8) is 0 Å². The van der Waals surface area contributed by atoms with Crippen LogP contribution in [-0.2, 0) is 30.4 Å². The van der Waals surface area contributed by atoms with E-state index >= 15 is 0 Å². The molecular weight excluding hydrogens is 949 g/mol. The second-order valence-corrected chi connectivity index (χ2v) is 21.7. The summed E-state index contributed by atoms with van der Waals surface area (Å²) in [6, 6.07) is 12.6. The van der Waals surface area contributed by atoms with Crippen molar-refractivity contribution in [1.29, 1.82) is 0 Å². The van der Waals surface area contributed by atoms with Crippen molar-refractivity contribution in [1.82, 2.24) is 10.6 Å². The maximum absolute atomic E-state index is 13.4. The molecule has 0 spiro atoms. The van der Waals surface area contributed by atoms with Crippen LogP contribution in [0, 0.1) is 46.5 Å². The number of methoxy groups -OCH3 is 1. The molecule has 4 aromatic rings. The molecule has 4 aromatic carbocycles. The molecule has 21 heteroatoms. The highest BCUT2D eigenvalue weighted by atomic mass is 32.2. The maximum atomic E-state index is 13.4. The van der Waals surface area contributed by atoms with Gasteiger partial charge in [-0.05, 0) is 93.0 Å². The lowest BCUT2D eigenvalue weighted by Crippen LogP contribution is -2.32. The van der Waals surface area contributed by atoms with Crippen LogP contribution in [0.1, 0.15) is 55.5 Å². The molecule has 69 heavy (non-hydrogen) atoms. The zero-order valence-corrected chi connectivity index (χ0v) is 42.2. The van der Waals surface area contributed by atoms with Crippen LogP contribution in [0.25, 0.3) is 33.4 Å². The Balaban J connectivity index is 1.71. The molecule has 0 saturated heterocycles. The Morgan fingerprint density at radius 1 is 0.696 bits per heavy atom. The first kappa shape index (κ1) is 51.9. The average molecular weight is 1010 g/mol. The van der Waals surface area contributed by atoms with Gasteiger partial charge in [0.15, 0.2) is 0 Å². The van der Waals surface area contributed by atoms with Gasteiger partial charge < -0.3 is 35.7 Å². The molecule has 0 saturated carbocycles. The zero-order chi connectivity index (χ0) is 51.1. The van der Waals surface area contributed by atoms with E-state index in [0.717, 1.165) is 18.2 Å². The highest BCUT2D eigenvalue weighted by Crippen LogP contribution is 2.46. The smallest absolute Gasteiger partial charge is 0.319 e. The lowest BCUT2D eigenvalue weighted by atomic mass is 9.93. The number of hydrogen-bond donors (Lipinski definition) is 8. The van der Waals surface area contributed by atoms with E-state index in [1.807, 2.05) is 27.7 Å². The molecule has 0 unspecified atom stereocenters. The third-order valence-electron chi connectivity index (χ3n) is 11.2. The lowest BCUT2D eigenvalue weighted by Gasteiger charge is -2.22. The number of fused-ring (bicyclic) bond motifs is 2. The van der Waals surface area contributed by atoms with Crippen LogP contribution in [0.15, 0.2) is 97.2 Å². The van der Waals surface area contributed by atoms with Crippen LogP contribution in [0.3, 0.4) is 0 Å². The van der Waals surface area contributed by atoms with Crippen molar-refractivity contribution < 1.29 is 52.9 Å². The van der Waals surface area contributed by atoms with E-state index in [1.54, 1.807) is 46.8 Å². The SMILES string of the molecule is C=C(NCC(C)C)Nc1c(OC)cc(C)c(N=c2cc3oc4cc(Nc5c(C)cc(C)c(NC(=O)NCC(C)C)c5C)c(S(=O)(=O)O)cc4c(-c4ccccc4S(=O)(=O)O)c-3cc2S(=O)(=O)O)c1C. The second-order valence-electron chi connectivity index (χ2n) is 17.5. The normalized spacial score (nSPS) is 12.5. The Labute approximate surface area is 401 Å². The Kier molecular flexibility index (Phi) is 14.9. The number of ether oxygens (including phenoxy) is 1. The largest absolute Gasteiger partial charge is 0.495 e. The van der Waals surface area contributed by atoms with Gasteiger partial charge in [0.2, 0.25) is 0 Å². The predicted molar refractivity (Wildman–Crippen MR) is 267 cm³/mol. The fourth-order valence-corrected chi connectivity index (χ4v) is 9.94. The number of anilines is 4. The monoisotopic (exact) mass is 1000 g/mol. The summed E-state index contributed by atoms with van der Waals surface area (Å²) in [5.41, 5.74) is 3.54. The minimum atomic E-state index is -5.17. The van der Waals surface area contributed by atoms with Crippen LogP contribution in [-0.4, -0.2) is 65.1 Å². The molecule has 2 amide bonds. The predicted octanol–water partition coefficient (Wildman–Crippen LogP) is 9.38. The van der Waals surface area contributed by atoms with E-state index in [9.17, 15) is 43.7 Å². The van der Waals surface area contributed by atoms with Crippen molar-refractivity contribution in [2.45, 2.75) is 77.0 Å². The lowest BCUT2D eigenvalue weighted by molar-refractivity contribution is 0.251. The van der Waals surface area contributed by atoms with Crippen LogP contribution >= 0.6 is 0 Å². The molecule has 1 aliphatic carbocycles. The average Bonchev–Trinajstić information content (AvgIpc) is 3.25. The minimum Gasteiger partial charge on any atom is -0.495 e. The molecule has 6 rings (SSSR count). The van der Waals surface area contributed by atoms with Gasteiger partial charge in [-0.25, -0.2) is 9.79 Å². The van der Waals surface area contributed by atoms with E-state index < -0.39 is 51.1 Å². The Bertz CT molecular complexity index is 3440. The van der Waals surface area contributed by atoms with Gasteiger partial charge in [0.05, 0.1) is 41.0 Å². The Hall–Kier alpha value is -6.49. The Morgan fingerprint density at radius 3 is 1.91 bits per heavy atom. The van der Waals surface area contributed by atoms with Gasteiger partial charge in [0.25, 0.3) is 30.4 Å². The third kappa shape index (κ3) is 11.4. The van der Waals surface area contributed by atoms with Gasteiger partial charge in [0, 0.05) is 58.5 Å². The van der Waals surface area contributed by atoms with Crippen molar-refractivity contribution in [2.24, 2.45) is 16.8 Å². The van der Waals surface area contributed by atoms with Gasteiger partial charge in [-0.3, -0.25) is 13.7 Å². The number of hydrogen-bond acceptors (Lipinski definition) is 13. The summed E-state index contributed by atoms with van der Waals surface area (Å²) in [6.07, 6.45) is 0. The zero-order valence-electron chi connectivity index (χ0n) is 39.7. The second kappa shape index (κ2) is 19.9. The highest BCUT2D eigenvalue weighted by Gasteiger charge is 2.30. The number of carbonyl (C=O) groups excluding carboxylic acids is 1. The summed E-state index contributed by atoms with van der Waals surface area (Å²) in [6.45, 7) is 21.7. The fraction of sp³-hybridized carbons (Fsp3) is 0.292. The summed E-state index contributed by atoms with van der Waals surface area (Å²) in [7, 11) is -13.8. The molecule has 0 bridgehead atoms. The topological polar surface area (TPSA) is 275 Å². The molecular formula is C48H56N6O12S3.